The molecule has 7 nitrogen and oxygen atoms in total. The molecule has 0 saturated carbocycles. The number of nitrogens with zero attached hydrogens (tertiary/aromatic N) is 1. The molecule has 0 aliphatic carbocycles. The van der Waals surface area contributed by atoms with Crippen LogP contribution in [-0.2, 0) is 15.7 Å². The van der Waals surface area contributed by atoms with Crippen LogP contribution in [0.3, 0.4) is 0 Å². The highest BCUT2D eigenvalue weighted by Crippen LogP contribution is 2.35. The van der Waals surface area contributed by atoms with E-state index in [1.54, 1.807) is 0 Å². The van der Waals surface area contributed by atoms with E-state index in [-0.39, 0.29) is 40.9 Å². The average Bonchev–Trinajstić information content (AvgIpc) is 3.31. The molecule has 0 spiro atoms. The van der Waals surface area contributed by atoms with Crippen molar-refractivity contribution < 1.29 is 32.2 Å². The fourth-order valence-corrected chi connectivity index (χ4v) is 3.40. The number of ether oxygens (including phenoxy) is 2. The molecule has 2 N–H and O–H groups in total. The second-order valence-electron chi connectivity index (χ2n) is 6.33. The van der Waals surface area contributed by atoms with Crippen LogP contribution in [0, 0.1) is 0 Å². The van der Waals surface area contributed by atoms with Crippen molar-refractivity contribution in [1.82, 2.24) is 4.98 Å². The van der Waals surface area contributed by atoms with E-state index in [1.807, 2.05) is 0 Å². The summed E-state index contributed by atoms with van der Waals surface area (Å²) in [5, 5.41) is 6.44. The Morgan fingerprint density at radius 3 is 2.79 bits per heavy atom. The number of halogens is 3. The van der Waals surface area contributed by atoms with Crippen molar-refractivity contribution in [2.75, 3.05) is 23.8 Å². The number of carbonyl (C=O) groups excluding carboxylic acids is 2. The maximum Gasteiger partial charge on any atom is 0.416 e. The Morgan fingerprint density at radius 2 is 2.14 bits per heavy atom. The normalized spacial score (nSPS) is 16.5. The summed E-state index contributed by atoms with van der Waals surface area (Å²) in [6.07, 6.45) is -3.02. The number of nitrogens with one attached hydrogen (secondary N) is 2. The second-order valence-corrected chi connectivity index (χ2v) is 7.19. The Bertz CT molecular complexity index is 895. The third kappa shape index (κ3) is 5.67. The molecule has 1 atom stereocenters. The molecule has 2 heterocycles. The zero-order chi connectivity index (χ0) is 21.0. The lowest BCUT2D eigenvalue weighted by Crippen LogP contribution is -2.19. The van der Waals surface area contributed by atoms with Crippen molar-refractivity contribution >= 4 is 34.0 Å². The zero-order valence-electron chi connectivity index (χ0n) is 15.3. The Hall–Kier alpha value is -2.66. The summed E-state index contributed by atoms with van der Waals surface area (Å²) in [5.41, 5.74) is -1.09. The molecule has 29 heavy (non-hydrogen) atoms. The molecule has 2 aromatic rings. The van der Waals surface area contributed by atoms with Crippen LogP contribution in [-0.4, -0.2) is 36.1 Å². The van der Waals surface area contributed by atoms with Gasteiger partial charge in [0, 0.05) is 18.9 Å². The van der Waals surface area contributed by atoms with Crippen molar-refractivity contribution in [2.24, 2.45) is 0 Å². The molecular weight excluding hydrogens is 411 g/mol. The molecule has 1 aliphatic rings. The Labute approximate surface area is 168 Å². The second kappa shape index (κ2) is 8.78. The van der Waals surface area contributed by atoms with E-state index in [1.165, 1.54) is 12.3 Å². The van der Waals surface area contributed by atoms with Gasteiger partial charge in [-0.2, -0.15) is 13.2 Å². The minimum atomic E-state index is -4.58. The summed E-state index contributed by atoms with van der Waals surface area (Å²) in [5.74, 6) is -0.979. The topological polar surface area (TPSA) is 89.6 Å². The van der Waals surface area contributed by atoms with Crippen LogP contribution >= 0.6 is 11.3 Å². The minimum absolute atomic E-state index is 0.0405. The standard InChI is InChI=1S/C18H18F3N3O4S/c1-10(25)22-17-24-14(9-29-17)16(26)23-13-7-11(18(19,20)21)4-5-15(13)28-8-12-3-2-6-27-12/h4-5,7,9,12H,2-3,6,8H2,1H3,(H,23,26)(H,22,24,25). The first-order valence-electron chi connectivity index (χ1n) is 8.72. The van der Waals surface area contributed by atoms with E-state index in [4.69, 9.17) is 9.47 Å². The monoisotopic (exact) mass is 429 g/mol. The highest BCUT2D eigenvalue weighted by molar-refractivity contribution is 7.14. The predicted molar refractivity (Wildman–Crippen MR) is 100 cm³/mol. The number of carbonyl (C=O) groups is 2. The van der Waals surface area contributed by atoms with E-state index in [2.05, 4.69) is 15.6 Å². The van der Waals surface area contributed by atoms with E-state index < -0.39 is 17.6 Å². The fraction of sp³-hybridized carbons (Fsp3) is 0.389. The van der Waals surface area contributed by atoms with Crippen LogP contribution in [0.15, 0.2) is 23.6 Å². The summed E-state index contributed by atoms with van der Waals surface area (Å²) in [4.78, 5) is 27.5. The van der Waals surface area contributed by atoms with Gasteiger partial charge in [-0.3, -0.25) is 9.59 Å². The van der Waals surface area contributed by atoms with Gasteiger partial charge in [-0.15, -0.1) is 11.3 Å². The molecule has 1 unspecified atom stereocenters. The first kappa shape index (κ1) is 21.1. The molecule has 1 aromatic heterocycles. The average molecular weight is 429 g/mol. The minimum Gasteiger partial charge on any atom is -0.489 e. The van der Waals surface area contributed by atoms with Crippen LogP contribution in [0.2, 0.25) is 0 Å². The third-order valence-electron chi connectivity index (χ3n) is 4.02. The molecule has 11 heteroatoms. The van der Waals surface area contributed by atoms with Crippen molar-refractivity contribution in [3.05, 3.63) is 34.8 Å². The number of hydrogen-bond acceptors (Lipinski definition) is 6. The third-order valence-corrected chi connectivity index (χ3v) is 4.78. The number of aromatic nitrogens is 1. The number of hydrogen-bond donors (Lipinski definition) is 2. The lowest BCUT2D eigenvalue weighted by atomic mass is 10.1. The molecule has 1 saturated heterocycles. The van der Waals surface area contributed by atoms with Gasteiger partial charge in [-0.05, 0) is 31.0 Å². The number of anilines is 2. The highest BCUT2D eigenvalue weighted by atomic mass is 32.1. The smallest absolute Gasteiger partial charge is 0.416 e. The summed E-state index contributed by atoms with van der Waals surface area (Å²) in [6.45, 7) is 2.07. The van der Waals surface area contributed by atoms with Gasteiger partial charge in [0.15, 0.2) is 5.13 Å². The van der Waals surface area contributed by atoms with Crippen molar-refractivity contribution in [2.45, 2.75) is 32.0 Å². The maximum atomic E-state index is 13.1. The lowest BCUT2D eigenvalue weighted by molar-refractivity contribution is -0.137. The van der Waals surface area contributed by atoms with Gasteiger partial charge in [0.1, 0.15) is 18.1 Å². The first-order chi connectivity index (χ1) is 13.7. The molecule has 2 amide bonds. The predicted octanol–water partition coefficient (Wildman–Crippen LogP) is 3.93. The van der Waals surface area contributed by atoms with Gasteiger partial charge in [0.25, 0.3) is 5.91 Å². The van der Waals surface area contributed by atoms with Crippen LogP contribution in [0.1, 0.15) is 35.8 Å². The molecular formula is C18H18F3N3O4S. The first-order valence-corrected chi connectivity index (χ1v) is 9.60. The van der Waals surface area contributed by atoms with Crippen molar-refractivity contribution in [1.29, 1.82) is 0 Å². The van der Waals surface area contributed by atoms with Gasteiger partial charge in [0.2, 0.25) is 5.91 Å². The molecule has 1 aliphatic heterocycles. The lowest BCUT2D eigenvalue weighted by Gasteiger charge is -2.17. The number of amides is 2. The number of alkyl halides is 3. The van der Waals surface area contributed by atoms with E-state index in [0.717, 1.165) is 42.4 Å². The van der Waals surface area contributed by atoms with E-state index in [9.17, 15) is 22.8 Å². The number of rotatable bonds is 6. The molecule has 3 rings (SSSR count). The van der Waals surface area contributed by atoms with Gasteiger partial charge in [-0.1, -0.05) is 0 Å². The fourth-order valence-electron chi connectivity index (χ4n) is 2.66. The Balaban J connectivity index is 1.79. The maximum absolute atomic E-state index is 13.1. The quantitative estimate of drug-likeness (QED) is 0.726. The summed E-state index contributed by atoms with van der Waals surface area (Å²) in [6, 6.07) is 2.86. The largest absolute Gasteiger partial charge is 0.489 e. The highest BCUT2D eigenvalue weighted by Gasteiger charge is 2.31. The van der Waals surface area contributed by atoms with Gasteiger partial charge in [-0.25, -0.2) is 4.98 Å². The Kier molecular flexibility index (Phi) is 6.38. The molecule has 1 fully saturated rings. The zero-order valence-corrected chi connectivity index (χ0v) is 16.2. The number of benzene rings is 1. The summed E-state index contributed by atoms with van der Waals surface area (Å²) in [7, 11) is 0. The SMILES string of the molecule is CC(=O)Nc1nc(C(=O)Nc2cc(C(F)(F)F)ccc2OCC2CCCO2)cs1. The van der Waals surface area contributed by atoms with Crippen LogP contribution < -0.4 is 15.4 Å². The van der Waals surface area contributed by atoms with Crippen LogP contribution in [0.25, 0.3) is 0 Å². The Morgan fingerprint density at radius 1 is 1.34 bits per heavy atom. The van der Waals surface area contributed by atoms with E-state index in [0.29, 0.717) is 6.61 Å². The van der Waals surface area contributed by atoms with Crippen LogP contribution in [0.5, 0.6) is 5.75 Å². The molecule has 0 bridgehead atoms. The summed E-state index contributed by atoms with van der Waals surface area (Å²) < 4.78 is 50.3. The van der Waals surface area contributed by atoms with Gasteiger partial charge >= 0.3 is 6.18 Å². The van der Waals surface area contributed by atoms with Gasteiger partial charge < -0.3 is 20.1 Å². The van der Waals surface area contributed by atoms with Gasteiger partial charge in [0.05, 0.1) is 17.4 Å². The molecule has 156 valence electrons. The summed E-state index contributed by atoms with van der Waals surface area (Å²) >= 11 is 1.02. The van der Waals surface area contributed by atoms with E-state index >= 15 is 0 Å². The van der Waals surface area contributed by atoms with Crippen molar-refractivity contribution in [3.63, 3.8) is 0 Å². The molecule has 1 aromatic carbocycles. The van der Waals surface area contributed by atoms with Crippen molar-refractivity contribution in [3.8, 4) is 5.75 Å². The number of thiazole rings is 1. The molecule has 0 radical (unpaired) electrons. The van der Waals surface area contributed by atoms with Crippen LogP contribution in [0.4, 0.5) is 24.0 Å².